The molecule has 0 saturated carbocycles. The molecule has 1 unspecified atom stereocenters. The molecule has 0 aromatic heterocycles. The number of hydrogen-bond donors (Lipinski definition) is 3. The topological polar surface area (TPSA) is 128 Å². The van der Waals surface area contributed by atoms with Gasteiger partial charge in [0.15, 0.2) is 0 Å². The molecule has 0 spiro atoms. The molecule has 0 radical (unpaired) electrons. The highest BCUT2D eigenvalue weighted by molar-refractivity contribution is 6.01. The second-order valence-electron chi connectivity index (χ2n) is 9.63. The summed E-state index contributed by atoms with van der Waals surface area (Å²) in [5, 5.41) is 14.5. The van der Waals surface area contributed by atoms with Crippen LogP contribution in [-0.4, -0.2) is 72.0 Å². The number of rotatable bonds is 9. The van der Waals surface area contributed by atoms with Gasteiger partial charge in [-0.1, -0.05) is 31.2 Å². The van der Waals surface area contributed by atoms with Crippen molar-refractivity contribution in [3.05, 3.63) is 53.6 Å². The second-order valence-corrected chi connectivity index (χ2v) is 9.63. The quantitative estimate of drug-likeness (QED) is 0.458. The number of urea groups is 1. The summed E-state index contributed by atoms with van der Waals surface area (Å²) >= 11 is 0. The molecule has 10 nitrogen and oxygen atoms in total. The van der Waals surface area contributed by atoms with E-state index in [2.05, 4.69) is 10.6 Å². The molecule has 38 heavy (non-hydrogen) atoms. The van der Waals surface area contributed by atoms with Crippen molar-refractivity contribution < 1.29 is 29.0 Å². The fourth-order valence-corrected chi connectivity index (χ4v) is 4.44. The third-order valence-corrected chi connectivity index (χ3v) is 6.51. The third kappa shape index (κ3) is 8.22. The molecule has 1 aliphatic rings. The molecule has 1 heterocycles. The Morgan fingerprint density at radius 2 is 1.58 bits per heavy atom. The van der Waals surface area contributed by atoms with E-state index in [0.717, 1.165) is 11.1 Å². The molecule has 2 aromatic carbocycles. The monoisotopic (exact) mass is 524 g/mol. The normalized spacial score (nSPS) is 14.3. The fourth-order valence-electron chi connectivity index (χ4n) is 4.44. The van der Waals surface area contributed by atoms with Crippen molar-refractivity contribution in [3.63, 3.8) is 0 Å². The Morgan fingerprint density at radius 3 is 2.24 bits per heavy atom. The maximum absolute atomic E-state index is 13.0. The van der Waals surface area contributed by atoms with E-state index in [-0.39, 0.29) is 37.0 Å². The zero-order chi connectivity index (χ0) is 27.7. The Hall–Kier alpha value is -4.08. The summed E-state index contributed by atoms with van der Waals surface area (Å²) in [6, 6.07) is 12.3. The number of carbonyl (C=O) groups excluding carboxylic acids is 3. The molecule has 204 valence electrons. The number of ether oxygens (including phenoxy) is 1. The number of para-hydroxylation sites is 1. The van der Waals surface area contributed by atoms with Gasteiger partial charge in [-0.3, -0.25) is 14.4 Å². The maximum atomic E-state index is 13.0. The van der Waals surface area contributed by atoms with E-state index in [1.54, 1.807) is 34.9 Å². The van der Waals surface area contributed by atoms with Crippen LogP contribution in [0.3, 0.4) is 0 Å². The largest absolute Gasteiger partial charge is 0.495 e. The van der Waals surface area contributed by atoms with Crippen LogP contribution in [0.4, 0.5) is 16.2 Å². The van der Waals surface area contributed by atoms with Gasteiger partial charge in [0.05, 0.1) is 19.2 Å². The molecule has 1 saturated heterocycles. The number of benzene rings is 2. The summed E-state index contributed by atoms with van der Waals surface area (Å²) in [7, 11) is 1.50. The zero-order valence-corrected chi connectivity index (χ0v) is 22.2. The van der Waals surface area contributed by atoms with Crippen LogP contribution in [0.15, 0.2) is 42.5 Å². The summed E-state index contributed by atoms with van der Waals surface area (Å²) in [6.45, 7) is 5.60. The fraction of sp³-hybridized carbons (Fsp3) is 0.429. The number of carbonyl (C=O) groups is 4. The Balaban J connectivity index is 1.55. The number of aliphatic carboxylic acids is 1. The predicted octanol–water partition coefficient (Wildman–Crippen LogP) is 3.75. The van der Waals surface area contributed by atoms with Crippen LogP contribution in [0.2, 0.25) is 0 Å². The molecule has 1 aliphatic heterocycles. The van der Waals surface area contributed by atoms with Gasteiger partial charge in [0, 0.05) is 44.7 Å². The van der Waals surface area contributed by atoms with Crippen LogP contribution in [-0.2, 0) is 20.8 Å². The third-order valence-electron chi connectivity index (χ3n) is 6.51. The number of amides is 4. The summed E-state index contributed by atoms with van der Waals surface area (Å²) in [5.41, 5.74) is 2.88. The summed E-state index contributed by atoms with van der Waals surface area (Å²) in [5.74, 6) is -0.838. The SMILES string of the molecule is COc1cc(CC(=O)N2CCCN(C(=O)CC(C)CC(=O)O)CC2)ccc1NC(=O)Nc1ccccc1C. The number of aryl methyl sites for hydroxylation is 1. The lowest BCUT2D eigenvalue weighted by atomic mass is 10.0. The Labute approximate surface area is 222 Å². The number of nitrogens with one attached hydrogen (secondary N) is 2. The number of methoxy groups -OCH3 is 1. The average molecular weight is 525 g/mol. The van der Waals surface area contributed by atoms with E-state index in [1.807, 2.05) is 31.2 Å². The number of anilines is 2. The van der Waals surface area contributed by atoms with Crippen molar-refractivity contribution in [2.75, 3.05) is 43.9 Å². The second kappa shape index (κ2) is 13.5. The smallest absolute Gasteiger partial charge is 0.323 e. The lowest BCUT2D eigenvalue weighted by molar-refractivity contribution is -0.139. The minimum atomic E-state index is -0.913. The van der Waals surface area contributed by atoms with Gasteiger partial charge in [0.25, 0.3) is 0 Å². The first-order valence-corrected chi connectivity index (χ1v) is 12.7. The van der Waals surface area contributed by atoms with E-state index >= 15 is 0 Å². The molecule has 2 aromatic rings. The van der Waals surface area contributed by atoms with Crippen LogP contribution < -0.4 is 15.4 Å². The van der Waals surface area contributed by atoms with Crippen molar-refractivity contribution in [1.29, 1.82) is 0 Å². The van der Waals surface area contributed by atoms with E-state index in [1.165, 1.54) is 7.11 Å². The van der Waals surface area contributed by atoms with Crippen LogP contribution in [0, 0.1) is 12.8 Å². The molecule has 0 aliphatic carbocycles. The van der Waals surface area contributed by atoms with E-state index in [4.69, 9.17) is 9.84 Å². The molecule has 4 amide bonds. The standard InChI is InChI=1S/C28H36N4O6/c1-19(16-27(35)36)15-25(33)31-11-6-12-32(14-13-31)26(34)18-21-9-10-23(24(17-21)38-3)30-28(37)29-22-8-5-4-7-20(22)2/h4-5,7-10,17,19H,6,11-16,18H2,1-3H3,(H,35,36)(H2,29,30,37). The first-order valence-electron chi connectivity index (χ1n) is 12.7. The molecule has 10 heteroatoms. The lowest BCUT2D eigenvalue weighted by Gasteiger charge is -2.23. The van der Waals surface area contributed by atoms with Gasteiger partial charge >= 0.3 is 12.0 Å². The Kier molecular flexibility index (Phi) is 10.1. The van der Waals surface area contributed by atoms with Crippen molar-refractivity contribution in [2.45, 2.75) is 39.5 Å². The van der Waals surface area contributed by atoms with E-state index < -0.39 is 12.0 Å². The average Bonchev–Trinajstić information content (AvgIpc) is 3.12. The van der Waals surface area contributed by atoms with Gasteiger partial charge < -0.3 is 30.3 Å². The van der Waals surface area contributed by atoms with Gasteiger partial charge in [-0.2, -0.15) is 0 Å². The van der Waals surface area contributed by atoms with Crippen molar-refractivity contribution >= 4 is 35.2 Å². The van der Waals surface area contributed by atoms with Crippen molar-refractivity contribution in [3.8, 4) is 5.75 Å². The van der Waals surface area contributed by atoms with Gasteiger partial charge in [0.1, 0.15) is 5.75 Å². The maximum Gasteiger partial charge on any atom is 0.323 e. The minimum absolute atomic E-state index is 0.0423. The zero-order valence-electron chi connectivity index (χ0n) is 22.2. The summed E-state index contributed by atoms with van der Waals surface area (Å²) < 4.78 is 5.46. The van der Waals surface area contributed by atoms with E-state index in [9.17, 15) is 19.2 Å². The van der Waals surface area contributed by atoms with Gasteiger partial charge in [-0.05, 0) is 48.6 Å². The molecule has 3 N–H and O–H groups in total. The van der Waals surface area contributed by atoms with Crippen molar-refractivity contribution in [2.24, 2.45) is 5.92 Å². The van der Waals surface area contributed by atoms with Gasteiger partial charge in [-0.15, -0.1) is 0 Å². The molecular weight excluding hydrogens is 488 g/mol. The first kappa shape index (κ1) is 28.5. The summed E-state index contributed by atoms with van der Waals surface area (Å²) in [6.07, 6.45) is 0.964. The Bertz CT molecular complexity index is 1170. The van der Waals surface area contributed by atoms with Gasteiger partial charge in [0.2, 0.25) is 11.8 Å². The van der Waals surface area contributed by atoms with Crippen LogP contribution in [0.1, 0.15) is 37.3 Å². The number of carboxylic acid groups (broad SMARTS) is 1. The molecule has 3 rings (SSSR count). The number of carboxylic acids is 1. The van der Waals surface area contributed by atoms with Crippen LogP contribution in [0.25, 0.3) is 0 Å². The summed E-state index contributed by atoms with van der Waals surface area (Å²) in [4.78, 5) is 52.5. The molecule has 0 bridgehead atoms. The van der Waals surface area contributed by atoms with Crippen molar-refractivity contribution in [1.82, 2.24) is 9.80 Å². The minimum Gasteiger partial charge on any atom is -0.495 e. The predicted molar refractivity (Wildman–Crippen MR) is 144 cm³/mol. The van der Waals surface area contributed by atoms with Crippen LogP contribution in [0.5, 0.6) is 5.75 Å². The molecule has 1 fully saturated rings. The Morgan fingerprint density at radius 1 is 0.921 bits per heavy atom. The first-order chi connectivity index (χ1) is 18.2. The highest BCUT2D eigenvalue weighted by Gasteiger charge is 2.24. The molecule has 1 atom stereocenters. The van der Waals surface area contributed by atoms with E-state index in [0.29, 0.717) is 49.7 Å². The van der Waals surface area contributed by atoms with Gasteiger partial charge in [-0.25, -0.2) is 4.79 Å². The highest BCUT2D eigenvalue weighted by atomic mass is 16.5. The lowest BCUT2D eigenvalue weighted by Crippen LogP contribution is -2.38. The number of nitrogens with zero attached hydrogens (tertiary/aromatic N) is 2. The van der Waals surface area contributed by atoms with Crippen LogP contribution >= 0.6 is 0 Å². The highest BCUT2D eigenvalue weighted by Crippen LogP contribution is 2.27. The molecular formula is C28H36N4O6. The number of hydrogen-bond acceptors (Lipinski definition) is 5.